The van der Waals surface area contributed by atoms with Crippen molar-refractivity contribution in [3.8, 4) is 0 Å². The summed E-state index contributed by atoms with van der Waals surface area (Å²) >= 11 is 0. The maximum absolute atomic E-state index is 12.5. The lowest BCUT2D eigenvalue weighted by Gasteiger charge is -2.36. The highest BCUT2D eigenvalue weighted by atomic mass is 16.2. The molecule has 0 radical (unpaired) electrons. The molecule has 2 rings (SSSR count). The van der Waals surface area contributed by atoms with E-state index in [1.54, 1.807) is 12.1 Å². The molecule has 0 heterocycles. The van der Waals surface area contributed by atoms with Crippen molar-refractivity contribution >= 4 is 23.5 Å². The van der Waals surface area contributed by atoms with Crippen LogP contribution in [0.5, 0.6) is 0 Å². The Morgan fingerprint density at radius 2 is 1.85 bits per heavy atom. The maximum atomic E-state index is 12.5. The van der Waals surface area contributed by atoms with Gasteiger partial charge < -0.3 is 27.8 Å². The zero-order valence-corrected chi connectivity index (χ0v) is 15.8. The smallest absolute Gasteiger partial charge is 0.251 e. The lowest BCUT2D eigenvalue weighted by Crippen LogP contribution is -2.53. The number of hydrogen-bond acceptors (Lipinski definition) is 4. The van der Waals surface area contributed by atoms with E-state index in [4.69, 9.17) is 17.2 Å². The number of guanidine groups is 1. The molecule has 1 aliphatic carbocycles. The topological polar surface area (TPSA) is 149 Å². The Morgan fingerprint density at radius 3 is 2.52 bits per heavy atom. The van der Waals surface area contributed by atoms with Gasteiger partial charge in [-0.3, -0.25) is 14.6 Å². The zero-order valence-electron chi connectivity index (χ0n) is 15.8. The number of benzene rings is 1. The summed E-state index contributed by atoms with van der Waals surface area (Å²) in [5, 5.41) is 6.03. The van der Waals surface area contributed by atoms with E-state index in [1.807, 2.05) is 13.0 Å². The van der Waals surface area contributed by atoms with Crippen LogP contribution in [0.4, 0.5) is 5.69 Å². The average molecular weight is 374 g/mol. The van der Waals surface area contributed by atoms with Gasteiger partial charge >= 0.3 is 0 Å². The van der Waals surface area contributed by atoms with Gasteiger partial charge in [0, 0.05) is 36.3 Å². The van der Waals surface area contributed by atoms with Crippen LogP contribution in [0.1, 0.15) is 54.9 Å². The quantitative estimate of drug-likeness (QED) is 0.186. The van der Waals surface area contributed by atoms with Crippen molar-refractivity contribution in [2.75, 3.05) is 12.3 Å². The van der Waals surface area contributed by atoms with Crippen LogP contribution >= 0.6 is 0 Å². The second-order valence-electron chi connectivity index (χ2n) is 6.94. The first-order valence-corrected chi connectivity index (χ1v) is 9.43. The molecule has 0 aromatic heterocycles. The minimum Gasteiger partial charge on any atom is -0.399 e. The molecule has 1 aliphatic rings. The van der Waals surface area contributed by atoms with E-state index in [0.717, 1.165) is 37.7 Å². The van der Waals surface area contributed by atoms with E-state index < -0.39 is 0 Å². The van der Waals surface area contributed by atoms with Gasteiger partial charge in [0.25, 0.3) is 5.91 Å². The normalized spacial score (nSPS) is 18.3. The van der Waals surface area contributed by atoms with Gasteiger partial charge in [-0.15, -0.1) is 0 Å². The number of aliphatic imine (C=N–C) groups is 1. The van der Waals surface area contributed by atoms with Crippen LogP contribution < -0.4 is 27.8 Å². The number of aryl methyl sites for hydroxylation is 1. The Labute approximate surface area is 160 Å². The highest BCUT2D eigenvalue weighted by Gasteiger charge is 2.31. The number of rotatable bonds is 9. The van der Waals surface area contributed by atoms with E-state index in [9.17, 15) is 9.59 Å². The van der Waals surface area contributed by atoms with Crippen LogP contribution in [0.3, 0.4) is 0 Å². The lowest BCUT2D eigenvalue weighted by atomic mass is 9.86. The molecule has 148 valence electrons. The van der Waals surface area contributed by atoms with Gasteiger partial charge in [0.2, 0.25) is 5.91 Å². The molecule has 1 aromatic rings. The monoisotopic (exact) mass is 374 g/mol. The number of nitrogens with zero attached hydrogens (tertiary/aromatic N) is 1. The molecule has 8 N–H and O–H groups in total. The molecule has 8 nitrogen and oxygen atoms in total. The number of nitrogens with one attached hydrogen (secondary N) is 2. The van der Waals surface area contributed by atoms with Crippen LogP contribution in [-0.2, 0) is 11.2 Å². The number of amides is 2. The first-order valence-electron chi connectivity index (χ1n) is 9.43. The average Bonchev–Trinajstić information content (AvgIpc) is 2.58. The largest absolute Gasteiger partial charge is 0.399 e. The number of carbonyl (C=O) groups excluding carboxylic acids is 2. The van der Waals surface area contributed by atoms with Crippen molar-refractivity contribution in [3.05, 3.63) is 29.3 Å². The van der Waals surface area contributed by atoms with Gasteiger partial charge in [0.15, 0.2) is 5.96 Å². The molecule has 27 heavy (non-hydrogen) atoms. The molecule has 0 unspecified atom stereocenters. The maximum Gasteiger partial charge on any atom is 0.251 e. The molecule has 0 saturated heterocycles. The number of anilines is 1. The van der Waals surface area contributed by atoms with E-state index in [-0.39, 0.29) is 29.9 Å². The van der Waals surface area contributed by atoms with Gasteiger partial charge in [-0.05, 0) is 55.9 Å². The zero-order chi connectivity index (χ0) is 19.8. The molecule has 0 atom stereocenters. The number of unbranched alkanes of at least 4 members (excludes halogenated alkanes) is 1. The first-order chi connectivity index (χ1) is 12.9. The molecule has 1 aromatic carbocycles. The molecular weight excluding hydrogens is 344 g/mol. The number of hydrogen-bond donors (Lipinski definition) is 5. The Balaban J connectivity index is 1.67. The predicted molar refractivity (Wildman–Crippen MR) is 107 cm³/mol. The van der Waals surface area contributed by atoms with Crippen molar-refractivity contribution in [2.45, 2.75) is 57.5 Å². The standard InChI is InChI=1S/C19H30N6O2/c1-2-12-9-13(20)6-7-16(12)18(27)25-15-10-14(11-15)24-17(26)5-3-4-8-23-19(21)22/h6-7,9,14-15H,2-5,8,10-11,20H2,1H3,(H,24,26)(H,25,27)(H4,21,22,23). The van der Waals surface area contributed by atoms with Crippen molar-refractivity contribution in [1.82, 2.24) is 10.6 Å². The fourth-order valence-electron chi connectivity index (χ4n) is 3.15. The number of nitrogens with two attached hydrogens (primary N) is 3. The summed E-state index contributed by atoms with van der Waals surface area (Å²) < 4.78 is 0. The van der Waals surface area contributed by atoms with Crippen LogP contribution in [0.15, 0.2) is 23.2 Å². The molecule has 0 bridgehead atoms. The lowest BCUT2D eigenvalue weighted by molar-refractivity contribution is -0.122. The molecule has 0 aliphatic heterocycles. The summed E-state index contributed by atoms with van der Waals surface area (Å²) in [5.41, 5.74) is 18.5. The molecule has 2 amide bonds. The highest BCUT2D eigenvalue weighted by molar-refractivity contribution is 5.96. The summed E-state index contributed by atoms with van der Waals surface area (Å²) in [6.45, 7) is 2.54. The Bertz CT molecular complexity index is 693. The third-order valence-electron chi connectivity index (χ3n) is 4.70. The minimum absolute atomic E-state index is 0.0290. The second-order valence-corrected chi connectivity index (χ2v) is 6.94. The van der Waals surface area contributed by atoms with E-state index in [1.165, 1.54) is 0 Å². The predicted octanol–water partition coefficient (Wildman–Crippen LogP) is 0.652. The van der Waals surface area contributed by atoms with E-state index in [0.29, 0.717) is 24.2 Å². The third-order valence-corrected chi connectivity index (χ3v) is 4.70. The summed E-state index contributed by atoms with van der Waals surface area (Å²) in [6, 6.07) is 5.56. The summed E-state index contributed by atoms with van der Waals surface area (Å²) in [6.07, 6.45) is 4.23. The Morgan fingerprint density at radius 1 is 1.15 bits per heavy atom. The third kappa shape index (κ3) is 6.47. The minimum atomic E-state index is -0.0821. The van der Waals surface area contributed by atoms with Gasteiger partial charge in [-0.25, -0.2) is 0 Å². The molecular formula is C19H30N6O2. The Hall–Kier alpha value is -2.77. The van der Waals surface area contributed by atoms with Crippen molar-refractivity contribution in [1.29, 1.82) is 0 Å². The van der Waals surface area contributed by atoms with Gasteiger partial charge in [0.05, 0.1) is 0 Å². The van der Waals surface area contributed by atoms with Crippen LogP contribution in [0.25, 0.3) is 0 Å². The summed E-state index contributed by atoms with van der Waals surface area (Å²) in [4.78, 5) is 28.2. The second kappa shape index (κ2) is 9.80. The van der Waals surface area contributed by atoms with Crippen molar-refractivity contribution in [2.24, 2.45) is 16.5 Å². The van der Waals surface area contributed by atoms with E-state index in [2.05, 4.69) is 15.6 Å². The molecule has 0 spiro atoms. The summed E-state index contributed by atoms with van der Waals surface area (Å²) in [7, 11) is 0. The molecule has 1 saturated carbocycles. The number of nitrogen functional groups attached to an aromatic ring is 1. The summed E-state index contributed by atoms with van der Waals surface area (Å²) in [5.74, 6) is 0.0228. The van der Waals surface area contributed by atoms with Gasteiger partial charge in [-0.2, -0.15) is 0 Å². The fraction of sp³-hybridized carbons (Fsp3) is 0.526. The van der Waals surface area contributed by atoms with Crippen LogP contribution in [0, 0.1) is 0 Å². The van der Waals surface area contributed by atoms with Gasteiger partial charge in [0.1, 0.15) is 0 Å². The highest BCUT2D eigenvalue weighted by Crippen LogP contribution is 2.22. The van der Waals surface area contributed by atoms with Crippen molar-refractivity contribution < 1.29 is 9.59 Å². The van der Waals surface area contributed by atoms with Crippen LogP contribution in [-0.4, -0.2) is 36.4 Å². The molecule has 1 fully saturated rings. The van der Waals surface area contributed by atoms with Crippen molar-refractivity contribution in [3.63, 3.8) is 0 Å². The van der Waals surface area contributed by atoms with Crippen LogP contribution in [0.2, 0.25) is 0 Å². The Kier molecular flexibility index (Phi) is 7.45. The number of carbonyl (C=O) groups is 2. The molecule has 8 heteroatoms. The fourth-order valence-corrected chi connectivity index (χ4v) is 3.15. The SMILES string of the molecule is CCc1cc(N)ccc1C(=O)NC1CC(NC(=O)CCCCN=C(N)N)C1. The van der Waals surface area contributed by atoms with E-state index >= 15 is 0 Å². The van der Waals surface area contributed by atoms with Gasteiger partial charge in [-0.1, -0.05) is 6.92 Å². The first kappa shape index (κ1) is 20.5.